The van der Waals surface area contributed by atoms with Crippen molar-refractivity contribution >= 4 is 17.4 Å². The van der Waals surface area contributed by atoms with Crippen molar-refractivity contribution in [2.24, 2.45) is 29.6 Å². The fourth-order valence-corrected chi connectivity index (χ4v) is 4.96. The van der Waals surface area contributed by atoms with E-state index in [9.17, 15) is 9.18 Å². The maximum Gasteiger partial charge on any atom is 0.140 e. The molecule has 100 valence electrons. The quantitative estimate of drug-likeness (QED) is 0.820. The molecule has 0 amide bonds. The van der Waals surface area contributed by atoms with Crippen LogP contribution in [0.2, 0.25) is 5.02 Å². The Kier molecular flexibility index (Phi) is 2.54. The molecule has 1 nitrogen and oxygen atoms in total. The fourth-order valence-electron chi connectivity index (χ4n) is 4.73. The highest BCUT2D eigenvalue weighted by atomic mass is 35.5. The first-order chi connectivity index (χ1) is 9.15. The molecule has 1 aromatic rings. The average molecular weight is 279 g/mol. The van der Waals surface area contributed by atoms with Crippen LogP contribution in [0.15, 0.2) is 18.2 Å². The summed E-state index contributed by atoms with van der Waals surface area (Å²) in [5, 5.41) is 0.377. The van der Waals surface area contributed by atoms with Crippen molar-refractivity contribution in [1.29, 1.82) is 0 Å². The van der Waals surface area contributed by atoms with Gasteiger partial charge in [0.15, 0.2) is 0 Å². The van der Waals surface area contributed by atoms with Gasteiger partial charge < -0.3 is 0 Å². The number of fused-ring (bicyclic) bond motifs is 5. The molecule has 0 heterocycles. The first kappa shape index (κ1) is 11.9. The van der Waals surface area contributed by atoms with Crippen LogP contribution in [0.3, 0.4) is 0 Å². The van der Waals surface area contributed by atoms with Crippen molar-refractivity contribution in [2.75, 3.05) is 0 Å². The van der Waals surface area contributed by atoms with Gasteiger partial charge in [0.1, 0.15) is 11.6 Å². The molecule has 0 aromatic heterocycles. The smallest absolute Gasteiger partial charge is 0.140 e. The monoisotopic (exact) mass is 278 g/mol. The molecule has 2 bridgehead atoms. The van der Waals surface area contributed by atoms with Crippen LogP contribution >= 0.6 is 11.6 Å². The number of hydrogen-bond donors (Lipinski definition) is 0. The van der Waals surface area contributed by atoms with Gasteiger partial charge in [0.25, 0.3) is 0 Å². The first-order valence-electron chi connectivity index (χ1n) is 7.12. The lowest BCUT2D eigenvalue weighted by atomic mass is 9.96. The SMILES string of the molecule is O=C(Cc1ccc(F)cc1Cl)C1C2C3CCC(C3)C12. The molecule has 4 atom stereocenters. The lowest BCUT2D eigenvalue weighted by Gasteiger charge is -2.08. The molecule has 3 aliphatic rings. The van der Waals surface area contributed by atoms with Crippen LogP contribution in [0, 0.1) is 35.4 Å². The van der Waals surface area contributed by atoms with Crippen LogP contribution in [0.4, 0.5) is 4.39 Å². The van der Waals surface area contributed by atoms with Crippen molar-refractivity contribution in [3.05, 3.63) is 34.6 Å². The fraction of sp³-hybridized carbons (Fsp3) is 0.562. The van der Waals surface area contributed by atoms with E-state index in [-0.39, 0.29) is 11.7 Å². The predicted octanol–water partition coefficient (Wildman–Crippen LogP) is 3.88. The summed E-state index contributed by atoms with van der Waals surface area (Å²) in [7, 11) is 0. The highest BCUT2D eigenvalue weighted by Gasteiger charge is 2.66. The molecule has 4 unspecified atom stereocenters. The summed E-state index contributed by atoms with van der Waals surface area (Å²) in [5.41, 5.74) is 0.769. The molecule has 0 spiro atoms. The molecule has 3 fully saturated rings. The minimum atomic E-state index is -0.345. The van der Waals surface area contributed by atoms with Gasteiger partial charge in [-0.2, -0.15) is 0 Å². The van der Waals surface area contributed by atoms with Gasteiger partial charge in [-0.15, -0.1) is 0 Å². The Morgan fingerprint density at radius 3 is 2.58 bits per heavy atom. The number of halogens is 2. The van der Waals surface area contributed by atoms with Gasteiger partial charge in [0.2, 0.25) is 0 Å². The largest absolute Gasteiger partial charge is 0.299 e. The van der Waals surface area contributed by atoms with E-state index in [1.54, 1.807) is 6.07 Å². The van der Waals surface area contributed by atoms with Crippen molar-refractivity contribution in [1.82, 2.24) is 0 Å². The Bertz CT molecular complexity index is 540. The number of benzene rings is 1. The summed E-state index contributed by atoms with van der Waals surface area (Å²) < 4.78 is 13.0. The summed E-state index contributed by atoms with van der Waals surface area (Å²) in [6.07, 6.45) is 4.38. The molecule has 19 heavy (non-hydrogen) atoms. The number of hydrogen-bond acceptors (Lipinski definition) is 1. The third kappa shape index (κ3) is 1.76. The van der Waals surface area contributed by atoms with Crippen LogP contribution < -0.4 is 0 Å². The Balaban J connectivity index is 1.48. The van der Waals surface area contributed by atoms with Gasteiger partial charge in [-0.3, -0.25) is 4.79 Å². The van der Waals surface area contributed by atoms with E-state index in [1.807, 2.05) is 0 Å². The Hall–Kier alpha value is -0.890. The number of carbonyl (C=O) groups excluding carboxylic acids is 1. The standard InChI is InChI=1S/C16H16ClFO/c17-12-7-11(18)4-3-8(12)6-13(19)16-14-9-1-2-10(5-9)15(14)16/h3-4,7,9-10,14-16H,1-2,5-6H2. The van der Waals surface area contributed by atoms with E-state index < -0.39 is 0 Å². The lowest BCUT2D eigenvalue weighted by Crippen LogP contribution is -2.12. The second-order valence-electron chi connectivity index (χ2n) is 6.39. The molecule has 1 aromatic carbocycles. The molecular weight excluding hydrogens is 263 g/mol. The summed E-state index contributed by atoms with van der Waals surface area (Å²) in [6.45, 7) is 0. The molecule has 0 radical (unpaired) electrons. The van der Waals surface area contributed by atoms with Crippen molar-refractivity contribution in [2.45, 2.75) is 25.7 Å². The molecule has 3 heteroatoms. The van der Waals surface area contributed by atoms with Crippen LogP contribution in [0.1, 0.15) is 24.8 Å². The van der Waals surface area contributed by atoms with Gasteiger partial charge in [0.05, 0.1) is 0 Å². The summed E-state index contributed by atoms with van der Waals surface area (Å²) in [5.74, 6) is 3.23. The van der Waals surface area contributed by atoms with Crippen LogP contribution in [-0.2, 0) is 11.2 Å². The molecule has 0 aliphatic heterocycles. The molecule has 4 rings (SSSR count). The molecule has 0 saturated heterocycles. The van der Waals surface area contributed by atoms with Crippen molar-refractivity contribution < 1.29 is 9.18 Å². The highest BCUT2D eigenvalue weighted by Crippen LogP contribution is 2.69. The Morgan fingerprint density at radius 2 is 1.95 bits per heavy atom. The minimum absolute atomic E-state index is 0.285. The van der Waals surface area contributed by atoms with E-state index in [0.29, 0.717) is 29.1 Å². The normalized spacial score (nSPS) is 38.3. The Labute approximate surface area is 117 Å². The van der Waals surface area contributed by atoms with Crippen LogP contribution in [0.25, 0.3) is 0 Å². The number of Topliss-reactive ketones (excluding diaryl/α,β-unsaturated/α-hetero) is 1. The van der Waals surface area contributed by atoms with E-state index >= 15 is 0 Å². The lowest BCUT2D eigenvalue weighted by molar-refractivity contribution is -0.120. The van der Waals surface area contributed by atoms with E-state index in [4.69, 9.17) is 11.6 Å². The zero-order valence-electron chi connectivity index (χ0n) is 10.6. The maximum absolute atomic E-state index is 13.0. The second kappa shape index (κ2) is 4.05. The van der Waals surface area contributed by atoms with Crippen molar-refractivity contribution in [3.8, 4) is 0 Å². The zero-order valence-corrected chi connectivity index (χ0v) is 11.4. The third-order valence-electron chi connectivity index (χ3n) is 5.49. The average Bonchev–Trinajstić information content (AvgIpc) is 2.82. The summed E-state index contributed by atoms with van der Waals surface area (Å²) in [6, 6.07) is 4.32. The van der Waals surface area contributed by atoms with Gasteiger partial charge in [0, 0.05) is 17.4 Å². The first-order valence-corrected chi connectivity index (χ1v) is 7.49. The molecule has 3 saturated carbocycles. The maximum atomic E-state index is 13.0. The second-order valence-corrected chi connectivity index (χ2v) is 6.80. The predicted molar refractivity (Wildman–Crippen MR) is 71.4 cm³/mol. The van der Waals surface area contributed by atoms with E-state index in [0.717, 1.165) is 17.4 Å². The van der Waals surface area contributed by atoms with Gasteiger partial charge in [-0.25, -0.2) is 4.39 Å². The van der Waals surface area contributed by atoms with Crippen LogP contribution in [0.5, 0.6) is 0 Å². The molecular formula is C16H16ClFO. The third-order valence-corrected chi connectivity index (χ3v) is 5.84. The number of rotatable bonds is 3. The van der Waals surface area contributed by atoms with Gasteiger partial charge in [-0.1, -0.05) is 17.7 Å². The summed E-state index contributed by atoms with van der Waals surface area (Å²) >= 11 is 6.00. The summed E-state index contributed by atoms with van der Waals surface area (Å²) in [4.78, 5) is 12.4. The van der Waals surface area contributed by atoms with Crippen molar-refractivity contribution in [3.63, 3.8) is 0 Å². The number of carbonyl (C=O) groups is 1. The minimum Gasteiger partial charge on any atom is -0.299 e. The molecule has 3 aliphatic carbocycles. The van der Waals surface area contributed by atoms with E-state index in [1.165, 1.54) is 31.4 Å². The topological polar surface area (TPSA) is 17.1 Å². The van der Waals surface area contributed by atoms with Gasteiger partial charge >= 0.3 is 0 Å². The van der Waals surface area contributed by atoms with E-state index in [2.05, 4.69) is 0 Å². The number of ketones is 1. The zero-order chi connectivity index (χ0) is 13.1. The van der Waals surface area contributed by atoms with Gasteiger partial charge in [-0.05, 0) is 60.6 Å². The molecule has 0 N–H and O–H groups in total. The highest BCUT2D eigenvalue weighted by molar-refractivity contribution is 6.31. The Morgan fingerprint density at radius 1 is 1.26 bits per heavy atom. The van der Waals surface area contributed by atoms with Crippen LogP contribution in [-0.4, -0.2) is 5.78 Å².